The van der Waals surface area contributed by atoms with E-state index >= 15 is 0 Å². The molecule has 2 aliphatic rings. The number of phenols is 3. The molecule has 0 amide bonds. The Morgan fingerprint density at radius 1 is 0.787 bits per heavy atom. The molecule has 0 radical (unpaired) electrons. The lowest BCUT2D eigenvalue weighted by atomic mass is 9.77. The lowest BCUT2D eigenvalue weighted by Gasteiger charge is -2.56. The summed E-state index contributed by atoms with van der Waals surface area (Å²) < 4.78 is 45.6. The first kappa shape index (κ1) is 35.2. The van der Waals surface area contributed by atoms with Gasteiger partial charge in [-0.15, -0.1) is 0 Å². The van der Waals surface area contributed by atoms with Gasteiger partial charge in [0.2, 0.25) is 17.2 Å². The minimum absolute atomic E-state index is 0.0902. The molecule has 14 heteroatoms. The summed E-state index contributed by atoms with van der Waals surface area (Å²) in [6.07, 6.45) is 0.973. The van der Waals surface area contributed by atoms with Crippen LogP contribution in [0.15, 0.2) is 48.6 Å². The van der Waals surface area contributed by atoms with Gasteiger partial charge in [-0.25, -0.2) is 14.4 Å². The van der Waals surface area contributed by atoms with Crippen LogP contribution >= 0.6 is 0 Å². The van der Waals surface area contributed by atoms with Crippen molar-refractivity contribution in [1.29, 1.82) is 0 Å². The number of esters is 3. The molecule has 0 bridgehead atoms. The van der Waals surface area contributed by atoms with E-state index in [9.17, 15) is 29.7 Å². The topological polar surface area (TPSA) is 186 Å². The molecule has 1 aliphatic carbocycles. The number of benzene rings is 2. The Hall–Kier alpha value is -4.63. The number of hydrogen-bond acceptors (Lipinski definition) is 14. The predicted molar refractivity (Wildman–Crippen MR) is 163 cm³/mol. The fraction of sp³-hybridized carbons (Fsp3) is 0.424. The molecular formula is C33H38O14. The average molecular weight is 659 g/mol. The van der Waals surface area contributed by atoms with Crippen LogP contribution in [-0.4, -0.2) is 97.2 Å². The first-order valence-corrected chi connectivity index (χ1v) is 14.4. The number of ether oxygens (including phenoxy) is 8. The number of hydrogen-bond donors (Lipinski definition) is 3. The van der Waals surface area contributed by atoms with Gasteiger partial charge in [0.1, 0.15) is 12.2 Å². The molecule has 0 spiro atoms. The highest BCUT2D eigenvalue weighted by Gasteiger charge is 2.64. The van der Waals surface area contributed by atoms with E-state index in [2.05, 4.69) is 0 Å². The van der Waals surface area contributed by atoms with Gasteiger partial charge in [0, 0.05) is 39.2 Å². The van der Waals surface area contributed by atoms with Crippen molar-refractivity contribution in [1.82, 2.24) is 0 Å². The number of carbonyl (C=O) groups is 3. The van der Waals surface area contributed by atoms with E-state index in [1.165, 1.54) is 69.9 Å². The number of methoxy groups -OCH3 is 4. The molecule has 1 saturated carbocycles. The Labute approximate surface area is 271 Å². The zero-order valence-electron chi connectivity index (χ0n) is 26.8. The second kappa shape index (κ2) is 14.0. The highest BCUT2D eigenvalue weighted by molar-refractivity contribution is 5.91. The molecule has 0 aromatic heterocycles. The third-order valence-electron chi connectivity index (χ3n) is 8.28. The van der Waals surface area contributed by atoms with Gasteiger partial charge in [0.25, 0.3) is 0 Å². The van der Waals surface area contributed by atoms with Crippen molar-refractivity contribution in [2.75, 3.05) is 28.4 Å². The van der Waals surface area contributed by atoms with Crippen molar-refractivity contribution in [3.63, 3.8) is 0 Å². The minimum atomic E-state index is -2.00. The van der Waals surface area contributed by atoms with Crippen LogP contribution in [0.4, 0.5) is 0 Å². The first-order chi connectivity index (χ1) is 22.2. The summed E-state index contributed by atoms with van der Waals surface area (Å²) in [6, 6.07) is 8.38. The Balaban J connectivity index is 1.66. The fourth-order valence-corrected chi connectivity index (χ4v) is 5.47. The van der Waals surface area contributed by atoms with Gasteiger partial charge >= 0.3 is 17.9 Å². The summed E-state index contributed by atoms with van der Waals surface area (Å²) in [5, 5.41) is 29.2. The van der Waals surface area contributed by atoms with Gasteiger partial charge in [-0.1, -0.05) is 12.1 Å². The fourth-order valence-electron chi connectivity index (χ4n) is 5.47. The molecule has 4 rings (SSSR count). The molecule has 47 heavy (non-hydrogen) atoms. The summed E-state index contributed by atoms with van der Waals surface area (Å²) >= 11 is 0. The second-order valence-corrected chi connectivity index (χ2v) is 11.2. The molecule has 14 nitrogen and oxygen atoms in total. The zero-order valence-corrected chi connectivity index (χ0v) is 26.8. The highest BCUT2D eigenvalue weighted by Crippen LogP contribution is 2.47. The quantitative estimate of drug-likeness (QED) is 0.146. The van der Waals surface area contributed by atoms with Gasteiger partial charge < -0.3 is 53.2 Å². The third-order valence-corrected chi connectivity index (χ3v) is 8.28. The Morgan fingerprint density at radius 3 is 1.98 bits per heavy atom. The van der Waals surface area contributed by atoms with Gasteiger partial charge in [-0.3, -0.25) is 0 Å². The second-order valence-electron chi connectivity index (χ2n) is 11.2. The SMILES string of the molecule is COC(=O)[C@]1(OC(=O)/C=C/c2ccc(O)c(OC)c2)C[C@H](OC(=O)/C=C/c2ccc(O)c(O)c2)[C@H]2O[C@](C)(OC)[C@@](C)(OC)O[C@@H]2C1. The zero-order chi connectivity index (χ0) is 34.6. The molecule has 6 atom stereocenters. The molecule has 2 aromatic rings. The molecule has 3 N–H and O–H groups in total. The van der Waals surface area contributed by atoms with Crippen LogP contribution in [0, 0.1) is 0 Å². The van der Waals surface area contributed by atoms with E-state index in [0.29, 0.717) is 11.1 Å². The molecule has 0 unspecified atom stereocenters. The van der Waals surface area contributed by atoms with Gasteiger partial charge in [0.05, 0.1) is 20.3 Å². The molecule has 1 saturated heterocycles. The lowest BCUT2D eigenvalue weighted by Crippen LogP contribution is -2.71. The van der Waals surface area contributed by atoms with Crippen LogP contribution in [0.5, 0.6) is 23.0 Å². The molecule has 1 aliphatic heterocycles. The van der Waals surface area contributed by atoms with Crippen LogP contribution in [0.2, 0.25) is 0 Å². The Kier molecular flexibility index (Phi) is 10.5. The van der Waals surface area contributed by atoms with Crippen LogP contribution in [0.3, 0.4) is 0 Å². The molecular weight excluding hydrogens is 620 g/mol. The summed E-state index contributed by atoms with van der Waals surface area (Å²) in [5.41, 5.74) is -1.12. The highest BCUT2D eigenvalue weighted by atomic mass is 16.8. The van der Waals surface area contributed by atoms with E-state index < -0.39 is 53.4 Å². The number of phenolic OH excluding ortho intramolecular Hbond substituents is 3. The summed E-state index contributed by atoms with van der Waals surface area (Å²) in [6.45, 7) is 3.15. The average Bonchev–Trinajstić information content (AvgIpc) is 3.05. The van der Waals surface area contributed by atoms with Crippen molar-refractivity contribution in [2.24, 2.45) is 0 Å². The summed E-state index contributed by atoms with van der Waals surface area (Å²) in [4.78, 5) is 39.7. The van der Waals surface area contributed by atoms with E-state index in [1.807, 2.05) is 0 Å². The van der Waals surface area contributed by atoms with E-state index in [-0.39, 0.29) is 35.8 Å². The van der Waals surface area contributed by atoms with Crippen molar-refractivity contribution in [3.8, 4) is 23.0 Å². The summed E-state index contributed by atoms with van der Waals surface area (Å²) in [7, 11) is 5.27. The van der Waals surface area contributed by atoms with Gasteiger partial charge in [-0.05, 0) is 61.4 Å². The van der Waals surface area contributed by atoms with Crippen molar-refractivity contribution < 1.29 is 67.6 Å². The standard InChI is InChI=1S/C33H38O14/c1-31(42-5)32(2,43-6)47-29-25(44-27(37)13-9-19-7-11-21(34)23(36)15-19)17-33(30(39)41-4,18-26(29)45-31)46-28(38)14-10-20-8-12-22(35)24(16-20)40-3/h7-16,25-26,29,34-36H,17-18H2,1-6H3/b13-9+,14-10+/t25-,26+,29+,31-,32-,33-/m0/s1. The van der Waals surface area contributed by atoms with Crippen molar-refractivity contribution in [3.05, 3.63) is 59.7 Å². The van der Waals surface area contributed by atoms with Crippen molar-refractivity contribution in [2.45, 2.75) is 62.2 Å². The van der Waals surface area contributed by atoms with E-state index in [4.69, 9.17) is 37.9 Å². The largest absolute Gasteiger partial charge is 0.504 e. The maximum Gasteiger partial charge on any atom is 0.350 e. The van der Waals surface area contributed by atoms with Gasteiger partial charge in [0.15, 0.2) is 23.0 Å². The van der Waals surface area contributed by atoms with Crippen molar-refractivity contribution >= 4 is 30.1 Å². The molecule has 254 valence electrons. The maximum atomic E-state index is 13.4. The maximum absolute atomic E-state index is 13.4. The number of aromatic hydroxyl groups is 3. The monoisotopic (exact) mass is 658 g/mol. The van der Waals surface area contributed by atoms with E-state index in [0.717, 1.165) is 19.3 Å². The van der Waals surface area contributed by atoms with Crippen LogP contribution in [0.25, 0.3) is 12.2 Å². The van der Waals surface area contributed by atoms with Crippen LogP contribution in [-0.2, 0) is 47.5 Å². The number of rotatable bonds is 10. The number of fused-ring (bicyclic) bond motifs is 1. The first-order valence-electron chi connectivity index (χ1n) is 14.4. The summed E-state index contributed by atoms with van der Waals surface area (Å²) in [5.74, 6) is -6.35. The minimum Gasteiger partial charge on any atom is -0.504 e. The molecule has 2 aromatic carbocycles. The van der Waals surface area contributed by atoms with E-state index in [1.54, 1.807) is 13.8 Å². The van der Waals surface area contributed by atoms with Gasteiger partial charge in [-0.2, -0.15) is 0 Å². The van der Waals surface area contributed by atoms with Crippen LogP contribution < -0.4 is 4.74 Å². The lowest BCUT2D eigenvalue weighted by molar-refractivity contribution is -0.460. The Morgan fingerprint density at radius 2 is 1.38 bits per heavy atom. The number of carbonyl (C=O) groups excluding carboxylic acids is 3. The Bertz CT molecular complexity index is 1550. The molecule has 1 heterocycles. The molecule has 2 fully saturated rings. The normalized spacial score (nSPS) is 28.9. The third kappa shape index (κ3) is 7.36. The predicted octanol–water partition coefficient (Wildman–Crippen LogP) is 3.21. The smallest absolute Gasteiger partial charge is 0.350 e. The van der Waals surface area contributed by atoms with Crippen LogP contribution in [0.1, 0.15) is 37.8 Å².